The fourth-order valence-electron chi connectivity index (χ4n) is 3.89. The molecule has 0 saturated carbocycles. The zero-order valence-electron chi connectivity index (χ0n) is 14.3. The molecule has 0 amide bonds. The fraction of sp³-hybridized carbons (Fsp3) is 0.611. The number of hydrogen-bond donors (Lipinski definition) is 2. The van der Waals surface area contributed by atoms with Gasteiger partial charge in [-0.3, -0.25) is 5.10 Å². The van der Waals surface area contributed by atoms with E-state index in [0.717, 1.165) is 36.0 Å². The molecule has 2 fully saturated rings. The van der Waals surface area contributed by atoms with Gasteiger partial charge in [-0.25, -0.2) is 0 Å². The second-order valence-corrected chi connectivity index (χ2v) is 8.72. The molecule has 0 aromatic carbocycles. The van der Waals surface area contributed by atoms with Gasteiger partial charge in [-0.05, 0) is 50.9 Å². The van der Waals surface area contributed by atoms with Gasteiger partial charge in [-0.1, -0.05) is 11.6 Å². The number of aromatic amines is 1. The number of halogens is 1. The standard InChI is InChI=1S/C18H25ClN4OS/c19-17-2-1-15(25-17)12-20-18-11-16(21-22-18)13-3-7-23(8-4-13)14-5-9-24-10-6-14/h1-2,11,13-14H,3-10,12H2,(H2,20,21,22). The molecule has 2 N–H and O–H groups in total. The van der Waals surface area contributed by atoms with Crippen LogP contribution in [0.5, 0.6) is 0 Å². The molecular formula is C18H25ClN4OS. The lowest BCUT2D eigenvalue weighted by molar-refractivity contribution is 0.0250. The zero-order valence-corrected chi connectivity index (χ0v) is 15.9. The average Bonchev–Trinajstić information content (AvgIpc) is 3.30. The van der Waals surface area contributed by atoms with Gasteiger partial charge in [-0.2, -0.15) is 5.10 Å². The van der Waals surface area contributed by atoms with Crippen LogP contribution in [0.1, 0.15) is 42.2 Å². The summed E-state index contributed by atoms with van der Waals surface area (Å²) in [6, 6.07) is 6.89. The Kier molecular flexibility index (Phi) is 5.60. The van der Waals surface area contributed by atoms with Crippen molar-refractivity contribution >= 4 is 28.8 Å². The van der Waals surface area contributed by atoms with E-state index in [1.54, 1.807) is 11.3 Å². The van der Waals surface area contributed by atoms with Crippen molar-refractivity contribution in [3.8, 4) is 0 Å². The molecular weight excluding hydrogens is 356 g/mol. The number of H-pyrrole nitrogens is 1. The van der Waals surface area contributed by atoms with Crippen LogP contribution in [-0.2, 0) is 11.3 Å². The van der Waals surface area contributed by atoms with Gasteiger partial charge < -0.3 is 15.0 Å². The van der Waals surface area contributed by atoms with Gasteiger partial charge in [0.25, 0.3) is 0 Å². The van der Waals surface area contributed by atoms with E-state index in [-0.39, 0.29) is 0 Å². The largest absolute Gasteiger partial charge is 0.381 e. The quantitative estimate of drug-likeness (QED) is 0.820. The molecule has 4 rings (SSSR count). The highest BCUT2D eigenvalue weighted by molar-refractivity contribution is 7.16. The summed E-state index contributed by atoms with van der Waals surface area (Å²) in [5.41, 5.74) is 1.26. The van der Waals surface area contributed by atoms with Crippen molar-refractivity contribution < 1.29 is 4.74 Å². The maximum absolute atomic E-state index is 5.97. The number of piperidine rings is 1. The summed E-state index contributed by atoms with van der Waals surface area (Å²) in [6.45, 7) is 4.99. The van der Waals surface area contributed by atoms with Crippen LogP contribution in [0.4, 0.5) is 5.82 Å². The van der Waals surface area contributed by atoms with Crippen LogP contribution in [0.3, 0.4) is 0 Å². The summed E-state index contributed by atoms with van der Waals surface area (Å²) in [4.78, 5) is 3.88. The molecule has 7 heteroatoms. The molecule has 136 valence electrons. The van der Waals surface area contributed by atoms with E-state index in [9.17, 15) is 0 Å². The highest BCUT2D eigenvalue weighted by Gasteiger charge is 2.27. The van der Waals surface area contributed by atoms with Gasteiger partial charge in [0.2, 0.25) is 0 Å². The molecule has 2 aliphatic heterocycles. The van der Waals surface area contributed by atoms with Gasteiger partial charge in [-0.15, -0.1) is 11.3 Å². The molecule has 0 radical (unpaired) electrons. The summed E-state index contributed by atoms with van der Waals surface area (Å²) < 4.78 is 6.32. The Hall–Kier alpha value is -1.08. The van der Waals surface area contributed by atoms with Crippen LogP contribution in [-0.4, -0.2) is 47.4 Å². The highest BCUT2D eigenvalue weighted by atomic mass is 35.5. The predicted octanol–water partition coefficient (Wildman–Crippen LogP) is 4.10. The zero-order chi connectivity index (χ0) is 17.1. The number of hydrogen-bond acceptors (Lipinski definition) is 5. The van der Waals surface area contributed by atoms with Crippen LogP contribution < -0.4 is 5.32 Å². The van der Waals surface area contributed by atoms with E-state index in [2.05, 4.69) is 32.5 Å². The maximum atomic E-state index is 5.97. The number of nitrogens with zero attached hydrogens (tertiary/aromatic N) is 2. The number of aromatic nitrogens is 2. The minimum Gasteiger partial charge on any atom is -0.381 e. The molecule has 0 atom stereocenters. The predicted molar refractivity (Wildman–Crippen MR) is 103 cm³/mol. The molecule has 5 nitrogen and oxygen atoms in total. The second-order valence-electron chi connectivity index (χ2n) is 6.92. The minimum atomic E-state index is 0.593. The number of ether oxygens (including phenoxy) is 1. The van der Waals surface area contributed by atoms with E-state index in [1.807, 2.05) is 6.07 Å². The third kappa shape index (κ3) is 4.37. The minimum absolute atomic E-state index is 0.593. The number of likely N-dealkylation sites (tertiary alicyclic amines) is 1. The van der Waals surface area contributed by atoms with E-state index >= 15 is 0 Å². The topological polar surface area (TPSA) is 53.2 Å². The van der Waals surface area contributed by atoms with Crippen LogP contribution in [0.15, 0.2) is 18.2 Å². The smallest absolute Gasteiger partial charge is 0.148 e. The molecule has 0 spiro atoms. The van der Waals surface area contributed by atoms with Crippen molar-refractivity contribution in [2.75, 3.05) is 31.6 Å². The van der Waals surface area contributed by atoms with Crippen molar-refractivity contribution in [2.45, 2.75) is 44.2 Å². The Morgan fingerprint density at radius 3 is 2.76 bits per heavy atom. The Labute approximate surface area is 157 Å². The van der Waals surface area contributed by atoms with Gasteiger partial charge in [0.05, 0.1) is 10.9 Å². The first-order chi connectivity index (χ1) is 12.3. The number of thiophene rings is 1. The second kappa shape index (κ2) is 8.08. The Morgan fingerprint density at radius 1 is 1.24 bits per heavy atom. The summed E-state index contributed by atoms with van der Waals surface area (Å²) in [5, 5.41) is 11.0. The van der Waals surface area contributed by atoms with Crippen LogP contribution in [0, 0.1) is 0 Å². The molecule has 25 heavy (non-hydrogen) atoms. The highest BCUT2D eigenvalue weighted by Crippen LogP contribution is 2.30. The summed E-state index contributed by atoms with van der Waals surface area (Å²) in [6.07, 6.45) is 4.80. The number of nitrogens with one attached hydrogen (secondary N) is 2. The Bertz CT molecular complexity index is 674. The van der Waals surface area contributed by atoms with E-state index in [1.165, 1.54) is 49.3 Å². The third-order valence-corrected chi connectivity index (χ3v) is 6.58. The lowest BCUT2D eigenvalue weighted by Crippen LogP contribution is -2.43. The number of rotatable bonds is 5. The van der Waals surface area contributed by atoms with Gasteiger partial charge >= 0.3 is 0 Å². The maximum Gasteiger partial charge on any atom is 0.148 e. The molecule has 0 aliphatic carbocycles. The van der Waals surface area contributed by atoms with Crippen molar-refractivity contribution in [3.63, 3.8) is 0 Å². The van der Waals surface area contributed by atoms with Crippen molar-refractivity contribution in [1.82, 2.24) is 15.1 Å². The van der Waals surface area contributed by atoms with Crippen molar-refractivity contribution in [3.05, 3.63) is 33.1 Å². The molecule has 2 aromatic heterocycles. The molecule has 0 bridgehead atoms. The molecule has 4 heterocycles. The van der Waals surface area contributed by atoms with Gasteiger partial charge in [0.1, 0.15) is 5.82 Å². The first kappa shape index (κ1) is 17.3. The summed E-state index contributed by atoms with van der Waals surface area (Å²) >= 11 is 7.58. The van der Waals surface area contributed by atoms with E-state index < -0.39 is 0 Å². The first-order valence-electron chi connectivity index (χ1n) is 9.13. The summed E-state index contributed by atoms with van der Waals surface area (Å²) in [5.74, 6) is 1.52. The lowest BCUT2D eigenvalue weighted by Gasteiger charge is -2.39. The Balaban J connectivity index is 1.27. The normalized spacial score (nSPS) is 20.8. The lowest BCUT2D eigenvalue weighted by atomic mass is 9.92. The van der Waals surface area contributed by atoms with Gasteiger partial charge in [0, 0.05) is 41.8 Å². The third-order valence-electron chi connectivity index (χ3n) is 5.35. The van der Waals surface area contributed by atoms with Crippen LogP contribution in [0.2, 0.25) is 4.34 Å². The fourth-order valence-corrected chi connectivity index (χ4v) is 4.91. The molecule has 2 aliphatic rings. The number of anilines is 1. The van der Waals surface area contributed by atoms with E-state index in [0.29, 0.717) is 5.92 Å². The van der Waals surface area contributed by atoms with Gasteiger partial charge in [0.15, 0.2) is 0 Å². The average molecular weight is 381 g/mol. The SMILES string of the molecule is Clc1ccc(CNc2cc(C3CCN(C4CCOCC4)CC3)[nH]n2)s1. The summed E-state index contributed by atoms with van der Waals surface area (Å²) in [7, 11) is 0. The Morgan fingerprint density at radius 2 is 2.04 bits per heavy atom. The molecule has 2 aromatic rings. The van der Waals surface area contributed by atoms with E-state index in [4.69, 9.17) is 16.3 Å². The molecule has 2 saturated heterocycles. The first-order valence-corrected chi connectivity index (χ1v) is 10.3. The monoisotopic (exact) mass is 380 g/mol. The van der Waals surface area contributed by atoms with Crippen LogP contribution in [0.25, 0.3) is 0 Å². The van der Waals surface area contributed by atoms with Crippen molar-refractivity contribution in [2.24, 2.45) is 0 Å². The van der Waals surface area contributed by atoms with Crippen LogP contribution >= 0.6 is 22.9 Å². The molecule has 0 unspecified atom stereocenters. The van der Waals surface area contributed by atoms with Crippen molar-refractivity contribution in [1.29, 1.82) is 0 Å².